The molecule has 1 aromatic heterocycles. The number of anilines is 1. The van der Waals surface area contributed by atoms with Crippen molar-refractivity contribution < 1.29 is 14.4 Å². The highest BCUT2D eigenvalue weighted by Gasteiger charge is 2.50. The molecule has 3 aromatic carbocycles. The van der Waals surface area contributed by atoms with Crippen LogP contribution in [-0.4, -0.2) is 40.5 Å². The molecule has 3 amide bonds. The fourth-order valence-electron chi connectivity index (χ4n) is 4.97. The Morgan fingerprint density at radius 1 is 0.919 bits per heavy atom. The van der Waals surface area contributed by atoms with Gasteiger partial charge in [-0.1, -0.05) is 59.6 Å². The van der Waals surface area contributed by atoms with Crippen LogP contribution in [0.1, 0.15) is 16.7 Å². The van der Waals surface area contributed by atoms with E-state index in [2.05, 4.69) is 10.1 Å². The molecule has 1 unspecified atom stereocenters. The van der Waals surface area contributed by atoms with Gasteiger partial charge in [-0.15, -0.1) is 0 Å². The fourth-order valence-corrected chi connectivity index (χ4v) is 5.14. The number of carbonyl (C=O) groups is 3. The first-order valence-electron chi connectivity index (χ1n) is 11.7. The molecule has 4 aromatic rings. The molecule has 1 N–H and O–H groups in total. The molecular weight excluding hydrogens is 488 g/mol. The Bertz CT molecular complexity index is 1670. The minimum atomic E-state index is -1.04. The first-order valence-corrected chi connectivity index (χ1v) is 12.1. The Balaban J connectivity index is 1.61. The predicted molar refractivity (Wildman–Crippen MR) is 143 cm³/mol. The molecule has 0 radical (unpaired) electrons. The van der Waals surface area contributed by atoms with E-state index in [0.717, 1.165) is 16.0 Å². The third-order valence-electron chi connectivity index (χ3n) is 6.78. The van der Waals surface area contributed by atoms with E-state index in [-0.39, 0.29) is 17.1 Å². The average molecular weight is 509 g/mol. The number of rotatable bonds is 4. The summed E-state index contributed by atoms with van der Waals surface area (Å²) >= 11 is 6.30. The molecule has 0 aliphatic carbocycles. The maximum absolute atomic E-state index is 14.1. The number of nitrogens with one attached hydrogen (secondary N) is 1. The minimum Gasteiger partial charge on any atom is -0.361 e. The zero-order valence-electron chi connectivity index (χ0n) is 20.0. The third-order valence-corrected chi connectivity index (χ3v) is 7.02. The van der Waals surface area contributed by atoms with E-state index in [4.69, 9.17) is 11.6 Å². The van der Waals surface area contributed by atoms with Crippen molar-refractivity contribution in [3.63, 3.8) is 0 Å². The van der Waals surface area contributed by atoms with Crippen molar-refractivity contribution in [2.75, 3.05) is 11.9 Å². The normalized spacial score (nSPS) is 18.0. The first kappa shape index (κ1) is 22.9. The maximum atomic E-state index is 14.1. The Hall–Kier alpha value is -4.49. The second kappa shape index (κ2) is 8.57. The monoisotopic (exact) mass is 508 g/mol. The van der Waals surface area contributed by atoms with E-state index >= 15 is 0 Å². The van der Waals surface area contributed by atoms with E-state index < -0.39 is 17.7 Å². The molecule has 6 rings (SSSR count). The largest absolute Gasteiger partial charge is 0.361 e. The van der Waals surface area contributed by atoms with E-state index in [9.17, 15) is 14.4 Å². The molecule has 8 heteroatoms. The summed E-state index contributed by atoms with van der Waals surface area (Å²) < 4.78 is 0. The number of H-pyrrole nitrogens is 1. The molecule has 2 aliphatic rings. The van der Waals surface area contributed by atoms with Crippen LogP contribution in [0.2, 0.25) is 5.02 Å². The number of amides is 3. The van der Waals surface area contributed by atoms with Crippen LogP contribution in [0.4, 0.5) is 5.69 Å². The van der Waals surface area contributed by atoms with Gasteiger partial charge < -0.3 is 4.98 Å². The summed E-state index contributed by atoms with van der Waals surface area (Å²) in [5, 5.41) is 6.89. The van der Waals surface area contributed by atoms with Crippen LogP contribution in [-0.2, 0) is 14.4 Å². The van der Waals surface area contributed by atoms with Crippen LogP contribution < -0.4 is 4.90 Å². The lowest BCUT2D eigenvalue weighted by Crippen LogP contribution is -2.35. The second-order valence-electron chi connectivity index (χ2n) is 9.11. The fraction of sp³-hybridized carbons (Fsp3) is 0.103. The van der Waals surface area contributed by atoms with E-state index in [0.29, 0.717) is 32.9 Å². The van der Waals surface area contributed by atoms with Crippen molar-refractivity contribution in [2.45, 2.75) is 6.92 Å². The number of hydrazone groups is 1. The molecule has 0 saturated carbocycles. The lowest BCUT2D eigenvalue weighted by molar-refractivity contribution is -0.130. The van der Waals surface area contributed by atoms with Crippen molar-refractivity contribution in [3.05, 3.63) is 106 Å². The SMILES string of the molecule is Cc1ccc(N2C(=O)C(c3c[nH]c4ccc(Cl)cc34)=C(C3C(=O)N(C)N=C3c3ccccc3)C2=O)cc1. The first-order chi connectivity index (χ1) is 17.8. The van der Waals surface area contributed by atoms with E-state index in [1.165, 1.54) is 5.01 Å². The number of aromatic nitrogens is 1. The zero-order valence-corrected chi connectivity index (χ0v) is 20.8. The number of hydrogen-bond donors (Lipinski definition) is 1. The van der Waals surface area contributed by atoms with Crippen molar-refractivity contribution in [1.29, 1.82) is 0 Å². The number of fused-ring (bicyclic) bond motifs is 1. The van der Waals surface area contributed by atoms with Gasteiger partial charge in [0.1, 0.15) is 5.92 Å². The summed E-state index contributed by atoms with van der Waals surface area (Å²) in [6.07, 6.45) is 1.68. The van der Waals surface area contributed by atoms with Gasteiger partial charge in [-0.25, -0.2) is 9.91 Å². The number of nitrogens with zero attached hydrogens (tertiary/aromatic N) is 3. The summed E-state index contributed by atoms with van der Waals surface area (Å²) in [4.78, 5) is 46.0. The lowest BCUT2D eigenvalue weighted by atomic mass is 9.85. The van der Waals surface area contributed by atoms with Gasteiger partial charge >= 0.3 is 0 Å². The molecule has 0 saturated heterocycles. The quantitative estimate of drug-likeness (QED) is 0.396. The molecule has 0 fully saturated rings. The molecule has 1 atom stereocenters. The number of aryl methyl sites for hydroxylation is 1. The highest BCUT2D eigenvalue weighted by atomic mass is 35.5. The van der Waals surface area contributed by atoms with Crippen molar-refractivity contribution >= 4 is 57.2 Å². The third kappa shape index (κ3) is 3.58. The van der Waals surface area contributed by atoms with Gasteiger partial charge in [-0.2, -0.15) is 5.10 Å². The number of imide groups is 1. The molecule has 37 heavy (non-hydrogen) atoms. The van der Waals surface area contributed by atoms with E-state index in [1.54, 1.807) is 37.5 Å². The van der Waals surface area contributed by atoms with Crippen LogP contribution in [0.5, 0.6) is 0 Å². The van der Waals surface area contributed by atoms with Crippen molar-refractivity contribution in [2.24, 2.45) is 11.0 Å². The van der Waals surface area contributed by atoms with Crippen LogP contribution in [0, 0.1) is 12.8 Å². The smallest absolute Gasteiger partial charge is 0.266 e. The molecule has 182 valence electrons. The predicted octanol–water partition coefficient (Wildman–Crippen LogP) is 4.95. The topological polar surface area (TPSA) is 85.8 Å². The standard InChI is InChI=1S/C29H21ClN4O3/c1-16-8-11-19(12-9-16)34-28(36)23(21-15-31-22-13-10-18(30)14-20(21)22)24(29(34)37)25-26(32-33(2)27(25)35)17-6-4-3-5-7-17/h3-15,25,31H,1-2H3. The van der Waals surface area contributed by atoms with Gasteiger partial charge in [0.15, 0.2) is 0 Å². The maximum Gasteiger partial charge on any atom is 0.266 e. The highest BCUT2D eigenvalue weighted by molar-refractivity contribution is 6.49. The zero-order chi connectivity index (χ0) is 25.8. The highest BCUT2D eigenvalue weighted by Crippen LogP contribution is 2.42. The molecule has 0 bridgehead atoms. The minimum absolute atomic E-state index is 0.100. The van der Waals surface area contributed by atoms with Crippen LogP contribution in [0.15, 0.2) is 89.7 Å². The Morgan fingerprint density at radius 3 is 2.38 bits per heavy atom. The molecule has 7 nitrogen and oxygen atoms in total. The molecule has 3 heterocycles. The van der Waals surface area contributed by atoms with Gasteiger partial charge in [0.05, 0.1) is 22.5 Å². The second-order valence-corrected chi connectivity index (χ2v) is 9.54. The van der Waals surface area contributed by atoms with Crippen LogP contribution in [0.3, 0.4) is 0 Å². The Kier molecular flexibility index (Phi) is 5.31. The van der Waals surface area contributed by atoms with Gasteiger partial charge in [0.25, 0.3) is 17.7 Å². The molecule has 0 spiro atoms. The van der Waals surface area contributed by atoms with Gasteiger partial charge in [0.2, 0.25) is 0 Å². The molecule has 2 aliphatic heterocycles. The summed E-state index contributed by atoms with van der Waals surface area (Å²) in [5.41, 5.74) is 4.08. The number of hydrogen-bond acceptors (Lipinski definition) is 4. The summed E-state index contributed by atoms with van der Waals surface area (Å²) in [6.45, 7) is 1.93. The van der Waals surface area contributed by atoms with Crippen LogP contribution in [0.25, 0.3) is 16.5 Å². The van der Waals surface area contributed by atoms with Gasteiger partial charge in [0, 0.05) is 34.7 Å². The summed E-state index contributed by atoms with van der Waals surface area (Å²) in [7, 11) is 1.55. The van der Waals surface area contributed by atoms with Crippen molar-refractivity contribution in [3.8, 4) is 0 Å². The van der Waals surface area contributed by atoms with Gasteiger partial charge in [-0.3, -0.25) is 14.4 Å². The summed E-state index contributed by atoms with van der Waals surface area (Å²) in [6, 6.07) is 21.7. The van der Waals surface area contributed by atoms with Crippen molar-refractivity contribution in [1.82, 2.24) is 9.99 Å². The molecular formula is C29H21ClN4O3. The number of aromatic amines is 1. The lowest BCUT2D eigenvalue weighted by Gasteiger charge is -2.17. The number of carbonyl (C=O) groups excluding carboxylic acids is 3. The average Bonchev–Trinajstić information content (AvgIpc) is 3.51. The summed E-state index contributed by atoms with van der Waals surface area (Å²) in [5.74, 6) is -2.47. The Labute approximate surface area is 217 Å². The van der Waals surface area contributed by atoms with Gasteiger partial charge in [-0.05, 0) is 42.8 Å². The van der Waals surface area contributed by atoms with E-state index in [1.807, 2.05) is 55.5 Å². The van der Waals surface area contributed by atoms with Crippen LogP contribution >= 0.6 is 11.6 Å². The Morgan fingerprint density at radius 2 is 1.65 bits per heavy atom. The number of benzene rings is 3. The number of halogens is 1.